The molecule has 0 spiro atoms. The second kappa shape index (κ2) is 14.4. The molecule has 0 bridgehead atoms. The highest BCUT2D eigenvalue weighted by molar-refractivity contribution is 7.80. The van der Waals surface area contributed by atoms with Gasteiger partial charge in [-0.2, -0.15) is 0 Å². The fourth-order valence-electron chi connectivity index (χ4n) is 2.02. The Labute approximate surface area is 162 Å². The number of hydrogen-bond donors (Lipinski definition) is 1. The summed E-state index contributed by atoms with van der Waals surface area (Å²) < 4.78 is 23.9. The number of rotatable bonds is 13. The van der Waals surface area contributed by atoms with Gasteiger partial charge in [0, 0.05) is 19.2 Å². The first-order valence-corrected chi connectivity index (χ1v) is 9.56. The summed E-state index contributed by atoms with van der Waals surface area (Å²) >= 11 is 5.20. The average Bonchev–Trinajstić information content (AvgIpc) is 2.61. The van der Waals surface area contributed by atoms with Crippen LogP contribution in [0, 0.1) is 11.7 Å². The molecule has 0 saturated carbocycles. The minimum atomic E-state index is -0.292. The van der Waals surface area contributed by atoms with E-state index in [1.165, 1.54) is 12.1 Å². The Balaban J connectivity index is 1.93. The molecule has 1 aromatic carbocycles. The van der Waals surface area contributed by atoms with Crippen molar-refractivity contribution in [1.82, 2.24) is 5.32 Å². The van der Waals surface area contributed by atoms with E-state index in [1.807, 2.05) is 18.2 Å². The molecular weight excluding hydrogens is 349 g/mol. The fourth-order valence-corrected chi connectivity index (χ4v) is 2.19. The highest BCUT2D eigenvalue weighted by Gasteiger charge is 1.96. The summed E-state index contributed by atoms with van der Waals surface area (Å²) in [5.74, 6) is 0.831. The molecule has 0 unspecified atom stereocenters. The summed E-state index contributed by atoms with van der Waals surface area (Å²) in [6.07, 6.45) is 11.1. The molecule has 1 aromatic rings. The number of benzene rings is 1. The first kappa shape index (κ1) is 22.3. The normalized spacial score (nSPS) is 11.5. The predicted octanol–water partition coefficient (Wildman–Crippen LogP) is 5.08. The molecule has 5 heteroatoms. The Morgan fingerprint density at radius 1 is 1.19 bits per heavy atom. The lowest BCUT2D eigenvalue weighted by Gasteiger charge is -2.07. The Morgan fingerprint density at radius 2 is 2.04 bits per heavy atom. The molecule has 0 aliphatic carbocycles. The maximum absolute atomic E-state index is 13.0. The van der Waals surface area contributed by atoms with Gasteiger partial charge in [0.05, 0.1) is 11.6 Å². The molecule has 0 atom stereocenters. The maximum Gasteiger partial charge on any atom is 0.126 e. The van der Waals surface area contributed by atoms with Gasteiger partial charge in [-0.05, 0) is 43.4 Å². The third-order valence-electron chi connectivity index (χ3n) is 3.38. The van der Waals surface area contributed by atoms with Crippen LogP contribution in [0.5, 0.6) is 5.75 Å². The zero-order valence-corrected chi connectivity index (χ0v) is 16.6. The summed E-state index contributed by atoms with van der Waals surface area (Å²) in [5, 5.41) is 3.20. The summed E-state index contributed by atoms with van der Waals surface area (Å²) in [6, 6.07) is 6.13. The highest BCUT2D eigenvalue weighted by Crippen LogP contribution is 2.11. The van der Waals surface area contributed by atoms with Crippen molar-refractivity contribution in [2.45, 2.75) is 33.1 Å². The van der Waals surface area contributed by atoms with Crippen LogP contribution < -0.4 is 10.1 Å². The van der Waals surface area contributed by atoms with Gasteiger partial charge in [0.15, 0.2) is 0 Å². The van der Waals surface area contributed by atoms with Gasteiger partial charge >= 0.3 is 0 Å². The average molecular weight is 380 g/mol. The van der Waals surface area contributed by atoms with Gasteiger partial charge in [-0.25, -0.2) is 4.39 Å². The van der Waals surface area contributed by atoms with Crippen LogP contribution in [0.25, 0.3) is 0 Å². The fraction of sp³-hybridized carbons (Fsp3) is 0.476. The molecule has 0 aliphatic heterocycles. The standard InChI is InChI=1S/C21H30FNO2S/c1-18(2)17-23-21(26)12-7-5-3-4-6-8-13-24-14-15-25-20-11-9-10-19(22)16-20/h3,5,7,9-12,16,18H,4,6,8,13-15,17H2,1-2H3,(H,23,26). The van der Waals surface area contributed by atoms with E-state index in [4.69, 9.17) is 21.7 Å². The van der Waals surface area contributed by atoms with Gasteiger partial charge in [0.25, 0.3) is 0 Å². The lowest BCUT2D eigenvalue weighted by atomic mass is 10.2. The first-order valence-electron chi connectivity index (χ1n) is 9.15. The molecular formula is C21H30FNO2S. The number of thiocarbonyl (C=S) groups is 1. The third kappa shape index (κ3) is 12.6. The van der Waals surface area contributed by atoms with Crippen LogP contribution in [-0.2, 0) is 4.74 Å². The van der Waals surface area contributed by atoms with Crippen molar-refractivity contribution in [1.29, 1.82) is 0 Å². The van der Waals surface area contributed by atoms with Gasteiger partial charge < -0.3 is 14.8 Å². The Hall–Kier alpha value is -1.72. The molecule has 0 radical (unpaired) electrons. The van der Waals surface area contributed by atoms with Crippen LogP contribution in [0.2, 0.25) is 0 Å². The minimum Gasteiger partial charge on any atom is -0.491 e. The van der Waals surface area contributed by atoms with Gasteiger partial charge in [0.1, 0.15) is 18.2 Å². The van der Waals surface area contributed by atoms with E-state index in [-0.39, 0.29) is 5.82 Å². The predicted molar refractivity (Wildman–Crippen MR) is 110 cm³/mol. The first-order chi connectivity index (χ1) is 12.6. The van der Waals surface area contributed by atoms with Crippen LogP contribution in [-0.4, -0.2) is 31.4 Å². The van der Waals surface area contributed by atoms with Crippen molar-refractivity contribution in [3.8, 4) is 5.75 Å². The van der Waals surface area contributed by atoms with Crippen molar-refractivity contribution in [3.05, 3.63) is 54.4 Å². The van der Waals surface area contributed by atoms with E-state index in [2.05, 4.69) is 25.2 Å². The molecule has 0 saturated heterocycles. The second-order valence-corrected chi connectivity index (χ2v) is 6.78. The lowest BCUT2D eigenvalue weighted by Crippen LogP contribution is -2.23. The number of nitrogens with one attached hydrogen (secondary N) is 1. The van der Waals surface area contributed by atoms with Crippen LogP contribution in [0.4, 0.5) is 4.39 Å². The molecule has 0 aliphatic rings. The topological polar surface area (TPSA) is 30.5 Å². The summed E-state index contributed by atoms with van der Waals surface area (Å²) in [5.41, 5.74) is 0. The van der Waals surface area contributed by atoms with E-state index in [0.717, 1.165) is 30.8 Å². The van der Waals surface area contributed by atoms with Crippen molar-refractivity contribution >= 4 is 17.2 Å². The summed E-state index contributed by atoms with van der Waals surface area (Å²) in [7, 11) is 0. The van der Waals surface area contributed by atoms with Gasteiger partial charge in [-0.15, -0.1) is 0 Å². The molecule has 144 valence electrons. The number of allylic oxidation sites excluding steroid dienone is 3. The smallest absolute Gasteiger partial charge is 0.126 e. The van der Waals surface area contributed by atoms with Gasteiger partial charge in [-0.1, -0.05) is 50.4 Å². The Bertz CT molecular complexity index is 573. The van der Waals surface area contributed by atoms with Gasteiger partial charge in [0.2, 0.25) is 0 Å². The van der Waals surface area contributed by atoms with Crippen molar-refractivity contribution in [2.24, 2.45) is 5.92 Å². The zero-order valence-electron chi connectivity index (χ0n) is 15.7. The summed E-state index contributed by atoms with van der Waals surface area (Å²) in [4.78, 5) is 0.775. The van der Waals surface area contributed by atoms with Crippen molar-refractivity contribution in [3.63, 3.8) is 0 Å². The van der Waals surface area contributed by atoms with E-state index in [1.54, 1.807) is 12.1 Å². The van der Waals surface area contributed by atoms with Crippen LogP contribution in [0.15, 0.2) is 48.6 Å². The number of halogens is 1. The Morgan fingerprint density at radius 3 is 2.81 bits per heavy atom. The van der Waals surface area contributed by atoms with Crippen molar-refractivity contribution < 1.29 is 13.9 Å². The van der Waals surface area contributed by atoms with Crippen LogP contribution in [0.1, 0.15) is 33.1 Å². The largest absolute Gasteiger partial charge is 0.491 e. The third-order valence-corrected chi connectivity index (χ3v) is 3.66. The molecule has 0 fully saturated rings. The van der Waals surface area contributed by atoms with E-state index >= 15 is 0 Å². The molecule has 1 rings (SSSR count). The molecule has 0 aromatic heterocycles. The Kier molecular flexibility index (Phi) is 12.4. The number of unbranched alkanes of at least 4 members (excludes halogenated alkanes) is 2. The SMILES string of the molecule is CC(C)CNC(=S)C=CC=CCCCCOCCOc1cccc(F)c1. The molecule has 1 N–H and O–H groups in total. The lowest BCUT2D eigenvalue weighted by molar-refractivity contribution is 0.0974. The second-order valence-electron chi connectivity index (χ2n) is 6.34. The zero-order chi connectivity index (χ0) is 19.0. The quantitative estimate of drug-likeness (QED) is 0.224. The van der Waals surface area contributed by atoms with Crippen molar-refractivity contribution in [2.75, 3.05) is 26.4 Å². The van der Waals surface area contributed by atoms with Crippen LogP contribution in [0.3, 0.4) is 0 Å². The van der Waals surface area contributed by atoms with E-state index in [9.17, 15) is 4.39 Å². The number of hydrogen-bond acceptors (Lipinski definition) is 3. The monoisotopic (exact) mass is 379 g/mol. The molecule has 26 heavy (non-hydrogen) atoms. The van der Waals surface area contributed by atoms with E-state index < -0.39 is 0 Å². The van der Waals surface area contributed by atoms with Gasteiger partial charge in [-0.3, -0.25) is 0 Å². The maximum atomic E-state index is 13.0. The minimum absolute atomic E-state index is 0.292. The number of ether oxygens (including phenoxy) is 2. The van der Waals surface area contributed by atoms with E-state index in [0.29, 0.717) is 31.5 Å². The van der Waals surface area contributed by atoms with Crippen LogP contribution >= 0.6 is 12.2 Å². The molecule has 3 nitrogen and oxygen atoms in total. The molecule has 0 amide bonds. The summed E-state index contributed by atoms with van der Waals surface area (Å²) in [6.45, 7) is 6.86. The highest BCUT2D eigenvalue weighted by atomic mass is 32.1. The molecule has 0 heterocycles.